The van der Waals surface area contributed by atoms with Crippen LogP contribution in [0.5, 0.6) is 0 Å². The summed E-state index contributed by atoms with van der Waals surface area (Å²) in [6.45, 7) is 5.31. The lowest BCUT2D eigenvalue weighted by Crippen LogP contribution is -2.29. The van der Waals surface area contributed by atoms with E-state index in [4.69, 9.17) is 6.42 Å². The van der Waals surface area contributed by atoms with Crippen LogP contribution in [0.25, 0.3) is 0 Å². The van der Waals surface area contributed by atoms with E-state index in [0.29, 0.717) is 6.04 Å². The molecule has 0 heterocycles. The largest absolute Gasteiger partial charge is 0.293 e. The van der Waals surface area contributed by atoms with Gasteiger partial charge < -0.3 is 0 Å². The van der Waals surface area contributed by atoms with Gasteiger partial charge in [0.25, 0.3) is 0 Å². The van der Waals surface area contributed by atoms with Crippen LogP contribution in [0, 0.1) is 12.3 Å². The second kappa shape index (κ2) is 11.0. The molecule has 0 aliphatic rings. The molecule has 0 saturated heterocycles. The Morgan fingerprint density at radius 1 is 1.06 bits per heavy atom. The summed E-state index contributed by atoms with van der Waals surface area (Å²) in [5.41, 5.74) is 0. The molecule has 1 heteroatoms. The Bertz CT molecular complexity index is 180. The molecule has 1 unspecified atom stereocenters. The molecule has 0 N–H and O–H groups in total. The normalized spacial score (nSPS) is 12.7. The fourth-order valence-corrected chi connectivity index (χ4v) is 1.92. The Labute approximate surface area is 103 Å². The fourth-order valence-electron chi connectivity index (χ4n) is 1.92. The van der Waals surface area contributed by atoms with Crippen LogP contribution in [-0.2, 0) is 0 Å². The first-order valence-electron chi connectivity index (χ1n) is 6.86. The lowest BCUT2D eigenvalue weighted by Gasteiger charge is -2.22. The second-order valence-electron chi connectivity index (χ2n) is 4.88. The number of unbranched alkanes of at least 4 members (excludes halogenated alkanes) is 6. The summed E-state index contributed by atoms with van der Waals surface area (Å²) >= 11 is 0. The van der Waals surface area contributed by atoms with Gasteiger partial charge in [0.1, 0.15) is 0 Å². The molecule has 16 heavy (non-hydrogen) atoms. The zero-order chi connectivity index (χ0) is 12.2. The highest BCUT2D eigenvalue weighted by Gasteiger charge is 2.06. The van der Waals surface area contributed by atoms with Gasteiger partial charge in [-0.3, -0.25) is 4.90 Å². The molecule has 0 bridgehead atoms. The molecule has 0 aromatic heterocycles. The van der Waals surface area contributed by atoms with Crippen molar-refractivity contribution in [1.29, 1.82) is 0 Å². The van der Waals surface area contributed by atoms with Crippen LogP contribution in [0.3, 0.4) is 0 Å². The molecule has 0 rings (SSSR count). The van der Waals surface area contributed by atoms with Gasteiger partial charge in [-0.1, -0.05) is 57.8 Å². The van der Waals surface area contributed by atoms with Crippen LogP contribution in [0.4, 0.5) is 0 Å². The van der Waals surface area contributed by atoms with Crippen molar-refractivity contribution < 1.29 is 0 Å². The minimum absolute atomic E-state index is 0.631. The molecule has 1 atom stereocenters. The minimum Gasteiger partial charge on any atom is -0.293 e. The summed E-state index contributed by atoms with van der Waals surface area (Å²) in [5.74, 6) is 2.70. The van der Waals surface area contributed by atoms with Gasteiger partial charge in [0.05, 0.1) is 6.54 Å². The first kappa shape index (κ1) is 15.5. The maximum absolute atomic E-state index is 5.30. The topological polar surface area (TPSA) is 3.24 Å². The van der Waals surface area contributed by atoms with Gasteiger partial charge in [0.2, 0.25) is 0 Å². The van der Waals surface area contributed by atoms with Crippen molar-refractivity contribution in [3.8, 4) is 12.3 Å². The molecule has 0 fully saturated rings. The lowest BCUT2D eigenvalue weighted by molar-refractivity contribution is 0.268. The van der Waals surface area contributed by atoms with Gasteiger partial charge in [-0.25, -0.2) is 0 Å². The zero-order valence-corrected chi connectivity index (χ0v) is 11.5. The molecule has 0 aromatic carbocycles. The molecule has 1 nitrogen and oxygen atoms in total. The maximum Gasteiger partial charge on any atom is 0.0598 e. The third kappa shape index (κ3) is 8.80. The summed E-state index contributed by atoms with van der Waals surface area (Å²) < 4.78 is 0. The number of rotatable bonds is 10. The van der Waals surface area contributed by atoms with E-state index in [9.17, 15) is 0 Å². The van der Waals surface area contributed by atoms with Crippen LogP contribution in [0.1, 0.15) is 65.2 Å². The average Bonchev–Trinajstić information content (AvgIpc) is 2.28. The van der Waals surface area contributed by atoms with E-state index in [1.54, 1.807) is 0 Å². The smallest absolute Gasteiger partial charge is 0.0598 e. The van der Waals surface area contributed by atoms with Crippen molar-refractivity contribution in [1.82, 2.24) is 4.90 Å². The zero-order valence-electron chi connectivity index (χ0n) is 11.5. The summed E-state index contributed by atoms with van der Waals surface area (Å²) in [6.07, 6.45) is 16.3. The van der Waals surface area contributed by atoms with Gasteiger partial charge in [0, 0.05) is 6.04 Å². The van der Waals surface area contributed by atoms with E-state index in [1.165, 1.54) is 51.4 Å². The van der Waals surface area contributed by atoms with Crippen LogP contribution >= 0.6 is 0 Å². The number of nitrogens with zero attached hydrogens (tertiary/aromatic N) is 1. The molecular weight excluding hydrogens is 194 g/mol. The molecule has 94 valence electrons. The summed E-state index contributed by atoms with van der Waals surface area (Å²) in [7, 11) is 2.12. The highest BCUT2D eigenvalue weighted by molar-refractivity contribution is 4.88. The molecular formula is C15H29N. The predicted molar refractivity (Wildman–Crippen MR) is 73.5 cm³/mol. The Balaban J connectivity index is 3.28. The number of hydrogen-bond acceptors (Lipinski definition) is 1. The second-order valence-corrected chi connectivity index (χ2v) is 4.88. The SMILES string of the molecule is C#CCN(C)C(C)CCCCCCCCC. The van der Waals surface area contributed by atoms with Crippen LogP contribution in [-0.4, -0.2) is 24.5 Å². The predicted octanol–water partition coefficient (Wildman–Crippen LogP) is 4.08. The van der Waals surface area contributed by atoms with Gasteiger partial charge in [-0.05, 0) is 20.4 Å². The van der Waals surface area contributed by atoms with Crippen molar-refractivity contribution in [2.24, 2.45) is 0 Å². The molecule has 0 radical (unpaired) electrons. The Hall–Kier alpha value is -0.480. The first-order valence-corrected chi connectivity index (χ1v) is 6.86. The molecule has 0 saturated carbocycles. The number of hydrogen-bond donors (Lipinski definition) is 0. The van der Waals surface area contributed by atoms with Gasteiger partial charge in [-0.2, -0.15) is 0 Å². The summed E-state index contributed by atoms with van der Waals surface area (Å²) in [5, 5.41) is 0. The van der Waals surface area contributed by atoms with Crippen molar-refractivity contribution in [3.05, 3.63) is 0 Å². The Morgan fingerprint density at radius 3 is 2.19 bits per heavy atom. The van der Waals surface area contributed by atoms with Crippen LogP contribution in [0.2, 0.25) is 0 Å². The molecule has 0 aromatic rings. The van der Waals surface area contributed by atoms with E-state index >= 15 is 0 Å². The third-order valence-electron chi connectivity index (χ3n) is 3.32. The standard InChI is InChI=1S/C15H29N/c1-5-7-8-9-10-11-12-13-15(3)16(4)14-6-2/h2,15H,5,7-14H2,1,3-4H3. The highest BCUT2D eigenvalue weighted by Crippen LogP contribution is 2.11. The van der Waals surface area contributed by atoms with Crippen LogP contribution < -0.4 is 0 Å². The number of terminal acetylenes is 1. The van der Waals surface area contributed by atoms with Gasteiger partial charge in [-0.15, -0.1) is 6.42 Å². The molecule has 0 amide bonds. The molecule has 0 aliphatic heterocycles. The van der Waals surface area contributed by atoms with Gasteiger partial charge >= 0.3 is 0 Å². The molecule has 0 spiro atoms. The van der Waals surface area contributed by atoms with E-state index in [0.717, 1.165) is 6.54 Å². The van der Waals surface area contributed by atoms with Crippen molar-refractivity contribution >= 4 is 0 Å². The highest BCUT2D eigenvalue weighted by atomic mass is 15.1. The van der Waals surface area contributed by atoms with E-state index in [1.807, 2.05) is 0 Å². The van der Waals surface area contributed by atoms with Crippen molar-refractivity contribution in [3.63, 3.8) is 0 Å². The van der Waals surface area contributed by atoms with E-state index < -0.39 is 0 Å². The minimum atomic E-state index is 0.631. The quantitative estimate of drug-likeness (QED) is 0.398. The van der Waals surface area contributed by atoms with E-state index in [-0.39, 0.29) is 0 Å². The lowest BCUT2D eigenvalue weighted by atomic mass is 10.1. The van der Waals surface area contributed by atoms with Crippen molar-refractivity contribution in [2.45, 2.75) is 71.3 Å². The fraction of sp³-hybridized carbons (Fsp3) is 0.867. The van der Waals surface area contributed by atoms with Gasteiger partial charge in [0.15, 0.2) is 0 Å². The maximum atomic E-state index is 5.30. The Kier molecular flexibility index (Phi) is 10.7. The Morgan fingerprint density at radius 2 is 1.62 bits per heavy atom. The summed E-state index contributed by atoms with van der Waals surface area (Å²) in [4.78, 5) is 2.26. The van der Waals surface area contributed by atoms with Crippen molar-refractivity contribution in [2.75, 3.05) is 13.6 Å². The first-order chi connectivity index (χ1) is 7.72. The summed E-state index contributed by atoms with van der Waals surface area (Å²) in [6, 6.07) is 0.631. The molecule has 0 aliphatic carbocycles. The van der Waals surface area contributed by atoms with E-state index in [2.05, 4.69) is 31.7 Å². The monoisotopic (exact) mass is 223 g/mol. The average molecular weight is 223 g/mol. The van der Waals surface area contributed by atoms with Crippen LogP contribution in [0.15, 0.2) is 0 Å². The third-order valence-corrected chi connectivity index (χ3v) is 3.32.